The van der Waals surface area contributed by atoms with E-state index in [2.05, 4.69) is 24.2 Å². The molecule has 19 heavy (non-hydrogen) atoms. The zero-order valence-corrected chi connectivity index (χ0v) is 11.3. The van der Waals surface area contributed by atoms with Gasteiger partial charge < -0.3 is 5.11 Å². The Bertz CT molecular complexity index is 577. The number of carboxylic acids is 1. The van der Waals surface area contributed by atoms with Crippen LogP contribution < -0.4 is 0 Å². The second-order valence-electron chi connectivity index (χ2n) is 4.86. The lowest BCUT2D eigenvalue weighted by Crippen LogP contribution is -2.10. The van der Waals surface area contributed by atoms with Gasteiger partial charge >= 0.3 is 5.97 Å². The highest BCUT2D eigenvalue weighted by atomic mass is 16.4. The van der Waals surface area contributed by atoms with Gasteiger partial charge in [0.15, 0.2) is 0 Å². The van der Waals surface area contributed by atoms with Crippen LogP contribution in [0.25, 0.3) is 11.0 Å². The number of para-hydroxylation sites is 1. The van der Waals surface area contributed by atoms with Crippen molar-refractivity contribution in [2.75, 3.05) is 0 Å². The highest BCUT2D eigenvalue weighted by Crippen LogP contribution is 2.23. The molecule has 0 saturated carbocycles. The van der Waals surface area contributed by atoms with Crippen molar-refractivity contribution in [3.05, 3.63) is 23.8 Å². The third kappa shape index (κ3) is 2.75. The van der Waals surface area contributed by atoms with Crippen molar-refractivity contribution in [3.8, 4) is 0 Å². The zero-order chi connectivity index (χ0) is 13.8. The quantitative estimate of drug-likeness (QED) is 0.810. The summed E-state index contributed by atoms with van der Waals surface area (Å²) in [6.07, 6.45) is 4.46. The topological polar surface area (TPSA) is 68.0 Å². The smallest absolute Gasteiger partial charge is 0.337 e. The van der Waals surface area contributed by atoms with Crippen LogP contribution >= 0.6 is 0 Å². The molecule has 0 saturated heterocycles. The lowest BCUT2D eigenvalue weighted by molar-refractivity contribution is 0.0698. The number of hydrogen-bond donors (Lipinski definition) is 1. The molecule has 0 amide bonds. The van der Waals surface area contributed by atoms with Gasteiger partial charge in [-0.15, -0.1) is 5.10 Å². The fourth-order valence-electron chi connectivity index (χ4n) is 2.29. The molecule has 1 atom stereocenters. The summed E-state index contributed by atoms with van der Waals surface area (Å²) in [7, 11) is 0. The van der Waals surface area contributed by atoms with E-state index < -0.39 is 5.97 Å². The van der Waals surface area contributed by atoms with Crippen molar-refractivity contribution < 1.29 is 9.90 Å². The number of aromatic carboxylic acids is 1. The Kier molecular flexibility index (Phi) is 4.14. The zero-order valence-electron chi connectivity index (χ0n) is 11.3. The van der Waals surface area contributed by atoms with Crippen LogP contribution in [0.3, 0.4) is 0 Å². The summed E-state index contributed by atoms with van der Waals surface area (Å²) in [5, 5.41) is 17.4. The van der Waals surface area contributed by atoms with Crippen LogP contribution in [-0.2, 0) is 0 Å². The SMILES string of the molecule is CCCCCC(C)n1nnc2cccc(C(=O)O)c21. The normalized spacial score (nSPS) is 12.7. The molecule has 0 radical (unpaired) electrons. The van der Waals surface area contributed by atoms with Crippen molar-refractivity contribution in [1.82, 2.24) is 15.0 Å². The van der Waals surface area contributed by atoms with Crippen LogP contribution in [0.5, 0.6) is 0 Å². The fourth-order valence-corrected chi connectivity index (χ4v) is 2.29. The first-order valence-electron chi connectivity index (χ1n) is 6.72. The highest BCUT2D eigenvalue weighted by molar-refractivity contribution is 6.00. The molecular formula is C14H19N3O2. The van der Waals surface area contributed by atoms with Crippen molar-refractivity contribution in [2.45, 2.75) is 45.6 Å². The van der Waals surface area contributed by atoms with Crippen LogP contribution in [0, 0.1) is 0 Å². The minimum atomic E-state index is -0.935. The van der Waals surface area contributed by atoms with Gasteiger partial charge in [-0.05, 0) is 25.5 Å². The number of rotatable bonds is 6. The van der Waals surface area contributed by atoms with Crippen LogP contribution in [0.1, 0.15) is 55.9 Å². The van der Waals surface area contributed by atoms with Crippen LogP contribution in [0.4, 0.5) is 0 Å². The third-order valence-electron chi connectivity index (χ3n) is 3.37. The molecule has 102 valence electrons. The number of carboxylic acid groups (broad SMARTS) is 1. The molecule has 1 unspecified atom stereocenters. The number of carbonyl (C=O) groups is 1. The van der Waals surface area contributed by atoms with Crippen LogP contribution in [0.2, 0.25) is 0 Å². The molecule has 1 aromatic heterocycles. The number of aromatic nitrogens is 3. The van der Waals surface area contributed by atoms with E-state index >= 15 is 0 Å². The molecule has 0 fully saturated rings. The second kappa shape index (κ2) is 5.82. The van der Waals surface area contributed by atoms with Gasteiger partial charge in [0.05, 0.1) is 11.6 Å². The predicted octanol–water partition coefficient (Wildman–Crippen LogP) is 3.27. The summed E-state index contributed by atoms with van der Waals surface area (Å²) in [5.41, 5.74) is 1.53. The first kappa shape index (κ1) is 13.5. The third-order valence-corrected chi connectivity index (χ3v) is 3.37. The Hall–Kier alpha value is -1.91. The molecule has 2 aromatic rings. The number of benzene rings is 1. The number of nitrogens with zero attached hydrogens (tertiary/aromatic N) is 3. The summed E-state index contributed by atoms with van der Waals surface area (Å²) < 4.78 is 1.74. The summed E-state index contributed by atoms with van der Waals surface area (Å²) in [6.45, 7) is 4.22. The first-order valence-corrected chi connectivity index (χ1v) is 6.72. The number of unbranched alkanes of at least 4 members (excludes halogenated alkanes) is 2. The van der Waals surface area contributed by atoms with Gasteiger partial charge in [-0.2, -0.15) is 0 Å². The Morgan fingerprint density at radius 1 is 1.42 bits per heavy atom. The van der Waals surface area contributed by atoms with Crippen molar-refractivity contribution in [2.24, 2.45) is 0 Å². The standard InChI is InChI=1S/C14H19N3O2/c1-3-4-5-7-10(2)17-13-11(14(18)19)8-6-9-12(13)15-16-17/h6,8-10H,3-5,7H2,1-2H3,(H,18,19). The minimum absolute atomic E-state index is 0.164. The molecule has 5 nitrogen and oxygen atoms in total. The molecule has 1 N–H and O–H groups in total. The molecule has 1 heterocycles. The van der Waals surface area contributed by atoms with E-state index in [1.54, 1.807) is 22.9 Å². The maximum absolute atomic E-state index is 11.3. The average Bonchev–Trinajstić information content (AvgIpc) is 2.82. The van der Waals surface area contributed by atoms with E-state index in [0.29, 0.717) is 11.0 Å². The second-order valence-corrected chi connectivity index (χ2v) is 4.86. The summed E-state index contributed by atoms with van der Waals surface area (Å²) in [6, 6.07) is 5.26. The lowest BCUT2D eigenvalue weighted by atomic mass is 10.1. The largest absolute Gasteiger partial charge is 0.478 e. The molecule has 1 aromatic carbocycles. The molecule has 5 heteroatoms. The van der Waals surface area contributed by atoms with Crippen molar-refractivity contribution in [3.63, 3.8) is 0 Å². The molecule has 0 spiro atoms. The van der Waals surface area contributed by atoms with Gasteiger partial charge in [0.1, 0.15) is 11.0 Å². The van der Waals surface area contributed by atoms with E-state index in [1.165, 1.54) is 12.8 Å². The average molecular weight is 261 g/mol. The Morgan fingerprint density at radius 3 is 2.89 bits per heavy atom. The molecule has 2 rings (SSSR count). The maximum atomic E-state index is 11.3. The molecule has 0 aliphatic rings. The highest BCUT2D eigenvalue weighted by Gasteiger charge is 2.17. The van der Waals surface area contributed by atoms with E-state index in [4.69, 9.17) is 0 Å². The summed E-state index contributed by atoms with van der Waals surface area (Å²) in [5.74, 6) is -0.935. The van der Waals surface area contributed by atoms with Gasteiger partial charge in [0, 0.05) is 0 Å². The maximum Gasteiger partial charge on any atom is 0.337 e. The van der Waals surface area contributed by atoms with Gasteiger partial charge in [-0.25, -0.2) is 9.48 Å². The molecule has 0 bridgehead atoms. The molecule has 0 aliphatic heterocycles. The van der Waals surface area contributed by atoms with Gasteiger partial charge in [-0.1, -0.05) is 37.5 Å². The number of fused-ring (bicyclic) bond motifs is 1. The van der Waals surface area contributed by atoms with E-state index in [-0.39, 0.29) is 11.6 Å². The molecular weight excluding hydrogens is 242 g/mol. The summed E-state index contributed by atoms with van der Waals surface area (Å²) in [4.78, 5) is 11.3. The lowest BCUT2D eigenvalue weighted by Gasteiger charge is -2.13. The Morgan fingerprint density at radius 2 is 2.21 bits per heavy atom. The summed E-state index contributed by atoms with van der Waals surface area (Å²) >= 11 is 0. The van der Waals surface area contributed by atoms with Crippen LogP contribution in [0.15, 0.2) is 18.2 Å². The van der Waals surface area contributed by atoms with Gasteiger partial charge in [0.25, 0.3) is 0 Å². The molecule has 0 aliphatic carbocycles. The van der Waals surface area contributed by atoms with E-state index in [1.807, 2.05) is 0 Å². The predicted molar refractivity (Wildman–Crippen MR) is 73.3 cm³/mol. The van der Waals surface area contributed by atoms with E-state index in [0.717, 1.165) is 12.8 Å². The van der Waals surface area contributed by atoms with Gasteiger partial charge in [-0.3, -0.25) is 0 Å². The van der Waals surface area contributed by atoms with Crippen molar-refractivity contribution >= 4 is 17.0 Å². The Balaban J connectivity index is 2.35. The first-order chi connectivity index (χ1) is 9.15. The van der Waals surface area contributed by atoms with Gasteiger partial charge in [0.2, 0.25) is 0 Å². The Labute approximate surface area is 112 Å². The van der Waals surface area contributed by atoms with Crippen molar-refractivity contribution in [1.29, 1.82) is 0 Å². The number of hydrogen-bond acceptors (Lipinski definition) is 3. The van der Waals surface area contributed by atoms with E-state index in [9.17, 15) is 9.90 Å². The monoisotopic (exact) mass is 261 g/mol. The van der Waals surface area contributed by atoms with Crippen LogP contribution in [-0.4, -0.2) is 26.1 Å². The fraction of sp³-hybridized carbons (Fsp3) is 0.500. The minimum Gasteiger partial charge on any atom is -0.478 e.